The fraction of sp³-hybridized carbons (Fsp3) is 0.222. The second-order valence-corrected chi connectivity index (χ2v) is 9.31. The number of benzene rings is 1. The average molecular weight is 443 g/mol. The Hall–Kier alpha value is -2.50. The molecular weight excluding hydrogens is 427 g/mol. The SMILES string of the molecule is Cc1cc(-c2nc(Nc3ccc(S(C)(=O)=O)c(C(F)(F)F)c3)sc2CO)ccn1. The van der Waals surface area contributed by atoms with E-state index in [-0.39, 0.29) is 17.4 Å². The van der Waals surface area contributed by atoms with E-state index in [0.717, 1.165) is 35.4 Å². The van der Waals surface area contributed by atoms with Crippen LogP contribution >= 0.6 is 11.3 Å². The Morgan fingerprint density at radius 2 is 1.93 bits per heavy atom. The minimum Gasteiger partial charge on any atom is -0.391 e. The smallest absolute Gasteiger partial charge is 0.391 e. The quantitative estimate of drug-likeness (QED) is 0.615. The Morgan fingerprint density at radius 3 is 2.52 bits per heavy atom. The predicted octanol–water partition coefficient (Wildman–Crippen LogP) is 4.17. The van der Waals surface area contributed by atoms with Crippen molar-refractivity contribution in [2.75, 3.05) is 11.6 Å². The number of aryl methyl sites for hydroxylation is 1. The molecule has 0 atom stereocenters. The second-order valence-electron chi connectivity index (χ2n) is 6.24. The van der Waals surface area contributed by atoms with E-state index in [0.29, 0.717) is 16.1 Å². The first-order valence-corrected chi connectivity index (χ1v) is 10.9. The lowest BCUT2D eigenvalue weighted by Gasteiger charge is -2.13. The molecule has 0 spiro atoms. The van der Waals surface area contributed by atoms with Gasteiger partial charge in [-0.15, -0.1) is 0 Å². The van der Waals surface area contributed by atoms with Crippen molar-refractivity contribution in [2.24, 2.45) is 0 Å². The number of aliphatic hydroxyl groups is 1. The molecule has 0 radical (unpaired) electrons. The summed E-state index contributed by atoms with van der Waals surface area (Å²) in [4.78, 5) is 8.21. The molecule has 0 aliphatic rings. The van der Waals surface area contributed by atoms with Gasteiger partial charge in [0.1, 0.15) is 0 Å². The zero-order valence-electron chi connectivity index (χ0n) is 15.3. The van der Waals surface area contributed by atoms with Gasteiger partial charge in [0.15, 0.2) is 15.0 Å². The molecule has 1 aromatic carbocycles. The fourth-order valence-corrected chi connectivity index (χ4v) is 4.46. The Morgan fingerprint density at radius 1 is 1.21 bits per heavy atom. The monoisotopic (exact) mass is 443 g/mol. The summed E-state index contributed by atoms with van der Waals surface area (Å²) >= 11 is 1.09. The van der Waals surface area contributed by atoms with Gasteiger partial charge in [0.2, 0.25) is 0 Å². The molecule has 2 aromatic heterocycles. The molecule has 0 fully saturated rings. The molecule has 0 aliphatic heterocycles. The molecule has 2 heterocycles. The van der Waals surface area contributed by atoms with Crippen LogP contribution in [0.2, 0.25) is 0 Å². The average Bonchev–Trinajstić information content (AvgIpc) is 3.03. The van der Waals surface area contributed by atoms with Crippen molar-refractivity contribution in [1.82, 2.24) is 9.97 Å². The Balaban J connectivity index is 2.01. The van der Waals surface area contributed by atoms with Crippen molar-refractivity contribution in [3.8, 4) is 11.3 Å². The number of rotatable bonds is 5. The van der Waals surface area contributed by atoms with E-state index in [1.54, 1.807) is 25.3 Å². The number of hydrogen-bond donors (Lipinski definition) is 2. The van der Waals surface area contributed by atoms with Gasteiger partial charge in [0, 0.05) is 29.4 Å². The van der Waals surface area contributed by atoms with Crippen molar-refractivity contribution in [3.63, 3.8) is 0 Å². The van der Waals surface area contributed by atoms with Crippen LogP contribution < -0.4 is 5.32 Å². The number of nitrogens with one attached hydrogen (secondary N) is 1. The molecule has 0 bridgehead atoms. The van der Waals surface area contributed by atoms with E-state index in [1.807, 2.05) is 0 Å². The topological polar surface area (TPSA) is 92.2 Å². The second kappa shape index (κ2) is 7.73. The Kier molecular flexibility index (Phi) is 5.65. The van der Waals surface area contributed by atoms with Gasteiger partial charge in [-0.25, -0.2) is 13.4 Å². The van der Waals surface area contributed by atoms with E-state index in [1.165, 1.54) is 6.07 Å². The summed E-state index contributed by atoms with van der Waals surface area (Å²) in [5, 5.41) is 12.6. The van der Waals surface area contributed by atoms with E-state index in [9.17, 15) is 26.7 Å². The normalized spacial score (nSPS) is 12.2. The van der Waals surface area contributed by atoms with Crippen molar-refractivity contribution in [2.45, 2.75) is 24.6 Å². The van der Waals surface area contributed by atoms with E-state index < -0.39 is 26.5 Å². The van der Waals surface area contributed by atoms with Crippen LogP contribution in [0, 0.1) is 6.92 Å². The van der Waals surface area contributed by atoms with Gasteiger partial charge >= 0.3 is 6.18 Å². The largest absolute Gasteiger partial charge is 0.417 e. The maximum absolute atomic E-state index is 13.3. The molecule has 3 rings (SSSR count). The zero-order chi connectivity index (χ0) is 21.4. The van der Waals surface area contributed by atoms with Gasteiger partial charge in [-0.05, 0) is 37.3 Å². The number of halogens is 3. The van der Waals surface area contributed by atoms with Crippen LogP contribution in [0.3, 0.4) is 0 Å². The van der Waals surface area contributed by atoms with Crippen LogP contribution in [0.4, 0.5) is 24.0 Å². The van der Waals surface area contributed by atoms with Crippen LogP contribution in [0.15, 0.2) is 41.4 Å². The first-order valence-electron chi connectivity index (χ1n) is 8.21. The molecule has 0 saturated carbocycles. The number of alkyl halides is 3. The van der Waals surface area contributed by atoms with Crippen LogP contribution in [0.1, 0.15) is 16.1 Å². The molecule has 154 valence electrons. The number of aliphatic hydroxyl groups excluding tert-OH is 1. The number of anilines is 2. The molecule has 6 nitrogen and oxygen atoms in total. The lowest BCUT2D eigenvalue weighted by atomic mass is 10.1. The van der Waals surface area contributed by atoms with Crippen molar-refractivity contribution >= 4 is 32.0 Å². The summed E-state index contributed by atoms with van der Waals surface area (Å²) in [6, 6.07) is 6.37. The number of sulfone groups is 1. The van der Waals surface area contributed by atoms with Gasteiger partial charge in [0.05, 0.1) is 27.6 Å². The number of aromatic nitrogens is 2. The fourth-order valence-electron chi connectivity index (χ4n) is 2.71. The summed E-state index contributed by atoms with van der Waals surface area (Å²) in [5.41, 5.74) is 0.734. The minimum atomic E-state index is -4.84. The summed E-state index contributed by atoms with van der Waals surface area (Å²) in [6.07, 6.45) is -2.52. The van der Waals surface area contributed by atoms with Crippen LogP contribution in [0.5, 0.6) is 0 Å². The maximum atomic E-state index is 13.3. The lowest BCUT2D eigenvalue weighted by Crippen LogP contribution is -2.13. The molecule has 29 heavy (non-hydrogen) atoms. The summed E-state index contributed by atoms with van der Waals surface area (Å²) < 4.78 is 63.4. The highest BCUT2D eigenvalue weighted by molar-refractivity contribution is 7.90. The molecule has 3 aromatic rings. The number of nitrogens with zero attached hydrogens (tertiary/aromatic N) is 2. The number of pyridine rings is 1. The standard InChI is InChI=1S/C18H16F3N3O3S2/c1-10-7-11(5-6-22-10)16-14(9-25)28-17(24-16)23-12-3-4-15(29(2,26)27)13(8-12)18(19,20)21/h3-8,25H,9H2,1-2H3,(H,23,24). The molecule has 11 heteroatoms. The third-order valence-corrected chi connectivity index (χ3v) is 6.06. The minimum absolute atomic E-state index is 0.0282. The van der Waals surface area contributed by atoms with E-state index in [2.05, 4.69) is 15.3 Å². The van der Waals surface area contributed by atoms with Crippen molar-refractivity contribution < 1.29 is 26.7 Å². The third-order valence-electron chi connectivity index (χ3n) is 3.95. The highest BCUT2D eigenvalue weighted by Gasteiger charge is 2.36. The molecular formula is C18H16F3N3O3S2. The first kappa shape index (κ1) is 21.2. The van der Waals surface area contributed by atoms with Crippen LogP contribution in [-0.4, -0.2) is 29.7 Å². The Labute approximate surface area is 169 Å². The van der Waals surface area contributed by atoms with Gasteiger partial charge in [-0.1, -0.05) is 11.3 Å². The predicted molar refractivity (Wildman–Crippen MR) is 104 cm³/mol. The highest BCUT2D eigenvalue weighted by atomic mass is 32.2. The Bertz CT molecular complexity index is 1160. The number of thiazole rings is 1. The summed E-state index contributed by atoms with van der Waals surface area (Å²) in [6.45, 7) is 1.51. The van der Waals surface area contributed by atoms with Crippen LogP contribution in [-0.2, 0) is 22.6 Å². The first-order chi connectivity index (χ1) is 13.5. The summed E-state index contributed by atoms with van der Waals surface area (Å²) in [5.74, 6) is 0. The summed E-state index contributed by atoms with van der Waals surface area (Å²) in [7, 11) is -4.05. The van der Waals surface area contributed by atoms with Gasteiger partial charge in [-0.2, -0.15) is 13.2 Å². The third kappa shape index (κ3) is 4.74. The van der Waals surface area contributed by atoms with Crippen LogP contribution in [0.25, 0.3) is 11.3 Å². The van der Waals surface area contributed by atoms with E-state index in [4.69, 9.17) is 0 Å². The maximum Gasteiger partial charge on any atom is 0.417 e. The molecule has 2 N–H and O–H groups in total. The zero-order valence-corrected chi connectivity index (χ0v) is 16.9. The molecule has 0 aliphatic carbocycles. The molecule has 0 amide bonds. The molecule has 0 saturated heterocycles. The lowest BCUT2D eigenvalue weighted by molar-refractivity contribution is -0.139. The van der Waals surface area contributed by atoms with Crippen molar-refractivity contribution in [1.29, 1.82) is 0 Å². The van der Waals surface area contributed by atoms with Gasteiger partial charge < -0.3 is 10.4 Å². The van der Waals surface area contributed by atoms with Crippen molar-refractivity contribution in [3.05, 3.63) is 52.7 Å². The van der Waals surface area contributed by atoms with Gasteiger partial charge in [-0.3, -0.25) is 4.98 Å². The highest BCUT2D eigenvalue weighted by Crippen LogP contribution is 2.38. The van der Waals surface area contributed by atoms with Gasteiger partial charge in [0.25, 0.3) is 0 Å². The van der Waals surface area contributed by atoms with E-state index >= 15 is 0 Å². The molecule has 0 unspecified atom stereocenters. The number of hydrogen-bond acceptors (Lipinski definition) is 7.